The molecule has 0 aliphatic carbocycles. The average Bonchev–Trinajstić information content (AvgIpc) is 0.918. The third-order valence-corrected chi connectivity index (χ3v) is 0. The van der Waals surface area contributed by atoms with Gasteiger partial charge in [0.2, 0.25) is 0 Å². The minimum absolute atomic E-state index is 0. The average molecular weight is 173 g/mol. The van der Waals surface area contributed by atoms with Gasteiger partial charge >= 0.3 is 23.9 Å². The van der Waals surface area contributed by atoms with Crippen molar-refractivity contribution in [2.45, 2.75) is 0 Å². The van der Waals surface area contributed by atoms with Crippen LogP contribution in [0.3, 0.4) is 0 Å². The van der Waals surface area contributed by atoms with E-state index in [9.17, 15) is 0 Å². The number of halogens is 2. The molecule has 0 aromatic rings. The van der Waals surface area contributed by atoms with Crippen molar-refractivity contribution in [3.8, 4) is 0 Å². The maximum Gasteiger partial charge on any atom is 4.00 e. The van der Waals surface area contributed by atoms with Crippen molar-refractivity contribution >= 4 is 23.9 Å². The fourth-order valence-corrected chi connectivity index (χ4v) is 0. The van der Waals surface area contributed by atoms with Gasteiger partial charge in [0.15, 0.2) is 0 Å². The molecule has 4 heteroatoms. The Labute approximate surface area is 38.7 Å². The molecule has 0 heterocycles. The zero-order valence-electron chi connectivity index (χ0n) is 1.66. The number of rotatable bonds is 0. The summed E-state index contributed by atoms with van der Waals surface area (Å²) in [6, 6.07) is 0. The normalized spacial score (nSPS) is 4.50. The molecule has 20 valence electrons. The van der Waals surface area contributed by atoms with Crippen LogP contribution in [0, 0.1) is 0 Å². The first-order valence-corrected chi connectivity index (χ1v) is 0.309. The standard InChI is InChI=1S/F2O.Sn/c1-3-2;/q;+4. The second-order valence-corrected chi connectivity index (χ2v) is 0.0583. The van der Waals surface area contributed by atoms with E-state index in [0.29, 0.717) is 0 Å². The maximum atomic E-state index is 9.12. The second kappa shape index (κ2) is 9.47. The van der Waals surface area contributed by atoms with Gasteiger partial charge in [0, 0.05) is 5.15 Å². The minimum Gasteiger partial charge on any atom is -0.0104 e. The van der Waals surface area contributed by atoms with E-state index in [1.807, 2.05) is 0 Å². The van der Waals surface area contributed by atoms with E-state index in [0.717, 1.165) is 0 Å². The van der Waals surface area contributed by atoms with Crippen LogP contribution in [-0.4, -0.2) is 23.9 Å². The summed E-state index contributed by atoms with van der Waals surface area (Å²) in [6.45, 7) is 0. The second-order valence-electron chi connectivity index (χ2n) is 0.0583. The predicted molar refractivity (Wildman–Crippen MR) is 9.05 cm³/mol. The largest absolute Gasteiger partial charge is 4.00 e. The topological polar surface area (TPSA) is 9.23 Å². The van der Waals surface area contributed by atoms with Gasteiger partial charge in [-0.2, -0.15) is 0 Å². The summed E-state index contributed by atoms with van der Waals surface area (Å²) in [6.07, 6.45) is 0. The van der Waals surface area contributed by atoms with Crippen LogP contribution in [0.4, 0.5) is 9.05 Å². The Balaban J connectivity index is 0. The quantitative estimate of drug-likeness (QED) is 0.481. The molecule has 0 atom stereocenters. The van der Waals surface area contributed by atoms with Gasteiger partial charge in [0.05, 0.1) is 0 Å². The molecule has 0 aromatic heterocycles. The minimum atomic E-state index is 0. The summed E-state index contributed by atoms with van der Waals surface area (Å²) in [4.78, 5) is 0. The molecule has 0 unspecified atom stereocenters. The van der Waals surface area contributed by atoms with Crippen molar-refractivity contribution in [3.05, 3.63) is 0 Å². The van der Waals surface area contributed by atoms with Crippen molar-refractivity contribution < 1.29 is 14.2 Å². The molecule has 0 spiro atoms. The summed E-state index contributed by atoms with van der Waals surface area (Å²) in [5, 5.41) is 1.25. The van der Waals surface area contributed by atoms with Crippen LogP contribution < -0.4 is 0 Å². The van der Waals surface area contributed by atoms with Crippen molar-refractivity contribution in [2.75, 3.05) is 0 Å². The Morgan fingerprint density at radius 2 is 1.25 bits per heavy atom. The van der Waals surface area contributed by atoms with Gasteiger partial charge in [-0.3, -0.25) is 0 Å². The van der Waals surface area contributed by atoms with Crippen LogP contribution >= 0.6 is 0 Å². The Bertz CT molecular complexity index is 6.00. The molecule has 0 aliphatic heterocycles. The molecule has 0 amide bonds. The van der Waals surface area contributed by atoms with Crippen LogP contribution in [0.15, 0.2) is 0 Å². The van der Waals surface area contributed by atoms with E-state index in [2.05, 4.69) is 0 Å². The summed E-state index contributed by atoms with van der Waals surface area (Å²) in [5.41, 5.74) is 0. The van der Waals surface area contributed by atoms with Gasteiger partial charge in [-0.1, -0.05) is 0 Å². The molecule has 0 aliphatic rings. The zero-order chi connectivity index (χ0) is 2.71. The van der Waals surface area contributed by atoms with E-state index < -0.39 is 0 Å². The summed E-state index contributed by atoms with van der Waals surface area (Å²) in [5.74, 6) is 0. The van der Waals surface area contributed by atoms with E-state index in [4.69, 9.17) is 9.05 Å². The first-order valence-electron chi connectivity index (χ1n) is 0.309. The van der Waals surface area contributed by atoms with Crippen molar-refractivity contribution in [3.63, 3.8) is 0 Å². The van der Waals surface area contributed by atoms with Crippen LogP contribution in [0.2, 0.25) is 0 Å². The Morgan fingerprint density at radius 1 is 1.25 bits per heavy atom. The third kappa shape index (κ3) is 17.9. The van der Waals surface area contributed by atoms with Gasteiger partial charge in [-0.25, -0.2) is 0 Å². The third-order valence-electron chi connectivity index (χ3n) is 0. The van der Waals surface area contributed by atoms with Crippen LogP contribution in [-0.2, 0) is 5.15 Å². The van der Waals surface area contributed by atoms with E-state index in [1.165, 1.54) is 5.15 Å². The number of hydrogen-bond acceptors (Lipinski definition) is 1. The molecule has 0 fully saturated rings. The molecule has 0 saturated carbocycles. The van der Waals surface area contributed by atoms with Crippen molar-refractivity contribution in [2.24, 2.45) is 0 Å². The predicted octanol–water partition coefficient (Wildman–Crippen LogP) is 0.391. The van der Waals surface area contributed by atoms with E-state index >= 15 is 0 Å². The molecule has 0 radical (unpaired) electrons. The molecule has 0 bridgehead atoms. The molecule has 1 nitrogen and oxygen atoms in total. The molecule has 0 aromatic carbocycles. The molecular weight excluding hydrogens is 173 g/mol. The maximum absolute atomic E-state index is 9.12. The summed E-state index contributed by atoms with van der Waals surface area (Å²) in [7, 11) is 0. The van der Waals surface area contributed by atoms with Gasteiger partial charge in [-0.15, -0.1) is 0 Å². The summed E-state index contributed by atoms with van der Waals surface area (Å²) < 4.78 is 18.2. The Kier molecular flexibility index (Phi) is 20.9. The van der Waals surface area contributed by atoms with E-state index in [-0.39, 0.29) is 23.9 Å². The van der Waals surface area contributed by atoms with Crippen LogP contribution in [0.1, 0.15) is 0 Å². The Morgan fingerprint density at radius 3 is 1.25 bits per heavy atom. The Hall–Kier alpha value is 0.619. The van der Waals surface area contributed by atoms with Crippen molar-refractivity contribution in [1.82, 2.24) is 0 Å². The van der Waals surface area contributed by atoms with Gasteiger partial charge in [0.25, 0.3) is 0 Å². The smallest absolute Gasteiger partial charge is 0.0104 e. The molecular formula is F2OSn+4. The monoisotopic (exact) mass is 174 g/mol. The molecule has 0 rings (SSSR count). The van der Waals surface area contributed by atoms with E-state index in [1.54, 1.807) is 0 Å². The van der Waals surface area contributed by atoms with Crippen molar-refractivity contribution in [1.29, 1.82) is 0 Å². The number of hydrogen-bond donors (Lipinski definition) is 0. The fourth-order valence-electron chi connectivity index (χ4n) is 0. The molecule has 0 saturated heterocycles. The zero-order valence-corrected chi connectivity index (χ0v) is 4.52. The molecule has 4 heavy (non-hydrogen) atoms. The van der Waals surface area contributed by atoms with Gasteiger partial charge < -0.3 is 0 Å². The van der Waals surface area contributed by atoms with Crippen LogP contribution in [0.25, 0.3) is 0 Å². The first-order chi connectivity index (χ1) is 1.41. The van der Waals surface area contributed by atoms with Crippen LogP contribution in [0.5, 0.6) is 0 Å². The van der Waals surface area contributed by atoms with Gasteiger partial charge in [-0.05, 0) is 9.05 Å². The fraction of sp³-hybridized carbons (Fsp3) is 0. The SMILES string of the molecule is FOF.[Sn+4]. The molecule has 0 N–H and O–H groups in total. The summed E-state index contributed by atoms with van der Waals surface area (Å²) >= 11 is 0. The first kappa shape index (κ1) is 8.82. The van der Waals surface area contributed by atoms with Gasteiger partial charge in [0.1, 0.15) is 0 Å².